The Labute approximate surface area is 204 Å². The number of hydrogen-bond donors (Lipinski definition) is 2. The topological polar surface area (TPSA) is 94.6 Å². The molecule has 2 aliphatic carbocycles. The lowest BCUT2D eigenvalue weighted by Gasteiger charge is -2.12. The SMILES string of the molecule is O=C(NC1([SH](=O)=O)CC1)c1ccc(COc2cc(F)cc(-c3ccc(OCC4CC4)nc3)c2)cc1. The Morgan fingerprint density at radius 1 is 1.03 bits per heavy atom. The third-order valence-corrected chi connectivity index (χ3v) is 7.40. The van der Waals surface area contributed by atoms with Gasteiger partial charge in [0.15, 0.2) is 10.7 Å². The molecular weight excluding hydrogens is 471 g/mol. The highest BCUT2D eigenvalue weighted by atomic mass is 32.2. The lowest BCUT2D eigenvalue weighted by molar-refractivity contribution is 0.0945. The number of nitrogens with one attached hydrogen (secondary N) is 1. The maximum atomic E-state index is 14.3. The van der Waals surface area contributed by atoms with Crippen LogP contribution in [0.1, 0.15) is 41.6 Å². The maximum absolute atomic E-state index is 14.3. The second kappa shape index (κ2) is 9.65. The van der Waals surface area contributed by atoms with Crippen LogP contribution in [-0.4, -0.2) is 30.8 Å². The Hall–Kier alpha value is -3.46. The number of amides is 1. The molecule has 0 aliphatic heterocycles. The molecule has 1 amide bonds. The first kappa shape index (κ1) is 23.3. The van der Waals surface area contributed by atoms with E-state index < -0.39 is 27.3 Å². The zero-order valence-electron chi connectivity index (χ0n) is 18.9. The van der Waals surface area contributed by atoms with Gasteiger partial charge in [0.05, 0.1) is 6.61 Å². The highest BCUT2D eigenvalue weighted by Crippen LogP contribution is 2.36. The van der Waals surface area contributed by atoms with Gasteiger partial charge in [0, 0.05) is 29.5 Å². The van der Waals surface area contributed by atoms with E-state index >= 15 is 0 Å². The van der Waals surface area contributed by atoms with Crippen molar-refractivity contribution < 1.29 is 27.1 Å². The van der Waals surface area contributed by atoms with Crippen molar-refractivity contribution in [1.29, 1.82) is 0 Å². The maximum Gasteiger partial charge on any atom is 0.252 e. The van der Waals surface area contributed by atoms with Crippen molar-refractivity contribution in [3.63, 3.8) is 0 Å². The summed E-state index contributed by atoms with van der Waals surface area (Å²) in [7, 11) is -2.71. The number of halogens is 1. The summed E-state index contributed by atoms with van der Waals surface area (Å²) in [4.78, 5) is 15.6. The van der Waals surface area contributed by atoms with Crippen LogP contribution in [0.2, 0.25) is 0 Å². The number of thiol groups is 1. The van der Waals surface area contributed by atoms with E-state index in [1.807, 2.05) is 6.07 Å². The number of ether oxygens (including phenoxy) is 2. The van der Waals surface area contributed by atoms with Crippen LogP contribution in [0.3, 0.4) is 0 Å². The van der Waals surface area contributed by atoms with E-state index in [9.17, 15) is 17.6 Å². The molecular formula is C26H25FN2O5S. The lowest BCUT2D eigenvalue weighted by Crippen LogP contribution is -2.37. The number of rotatable bonds is 10. The number of hydrogen-bond acceptors (Lipinski definition) is 6. The highest BCUT2D eigenvalue weighted by Gasteiger charge is 2.48. The molecule has 5 rings (SSSR count). The molecule has 1 N–H and O–H groups in total. The fraction of sp³-hybridized carbons (Fsp3) is 0.308. The van der Waals surface area contributed by atoms with Crippen LogP contribution in [-0.2, 0) is 17.3 Å². The number of aromatic nitrogens is 1. The molecule has 3 aromatic rings. The summed E-state index contributed by atoms with van der Waals surface area (Å²) in [6.07, 6.45) is 4.94. The largest absolute Gasteiger partial charge is 0.489 e. The lowest BCUT2D eigenvalue weighted by atomic mass is 10.1. The molecule has 7 nitrogen and oxygen atoms in total. The summed E-state index contributed by atoms with van der Waals surface area (Å²) in [6, 6.07) is 14.7. The first-order valence-electron chi connectivity index (χ1n) is 11.5. The minimum absolute atomic E-state index is 0.174. The van der Waals surface area contributed by atoms with Gasteiger partial charge in [-0.25, -0.2) is 17.8 Å². The third-order valence-electron chi connectivity index (χ3n) is 6.15. The van der Waals surface area contributed by atoms with E-state index in [1.165, 1.54) is 25.0 Å². The van der Waals surface area contributed by atoms with Gasteiger partial charge in [0.1, 0.15) is 23.0 Å². The molecule has 9 heteroatoms. The third kappa shape index (κ3) is 5.79. The van der Waals surface area contributed by atoms with Crippen LogP contribution < -0.4 is 14.8 Å². The molecule has 2 aliphatic rings. The van der Waals surface area contributed by atoms with Gasteiger partial charge in [-0.1, -0.05) is 12.1 Å². The fourth-order valence-electron chi connectivity index (χ4n) is 3.61. The summed E-state index contributed by atoms with van der Waals surface area (Å²) < 4.78 is 48.3. The van der Waals surface area contributed by atoms with Crippen LogP contribution in [0, 0.1) is 11.7 Å². The molecule has 2 aromatic carbocycles. The molecule has 2 saturated carbocycles. The summed E-state index contributed by atoms with van der Waals surface area (Å²) in [5.74, 6) is 0.704. The van der Waals surface area contributed by atoms with Gasteiger partial charge in [-0.05, 0) is 73.1 Å². The quantitative estimate of drug-likeness (QED) is 0.411. The molecule has 1 heterocycles. The molecule has 2 fully saturated rings. The van der Waals surface area contributed by atoms with E-state index in [0.29, 0.717) is 48.1 Å². The van der Waals surface area contributed by atoms with Crippen molar-refractivity contribution >= 4 is 16.6 Å². The van der Waals surface area contributed by atoms with Gasteiger partial charge in [-0.3, -0.25) is 4.79 Å². The fourth-order valence-corrected chi connectivity index (χ4v) is 4.28. The average molecular weight is 497 g/mol. The van der Waals surface area contributed by atoms with Crippen molar-refractivity contribution in [1.82, 2.24) is 10.3 Å². The Morgan fingerprint density at radius 3 is 2.43 bits per heavy atom. The Bertz CT molecular complexity index is 1290. The van der Waals surface area contributed by atoms with Crippen molar-refractivity contribution in [3.8, 4) is 22.8 Å². The summed E-state index contributed by atoms with van der Waals surface area (Å²) >= 11 is 0. The Balaban J connectivity index is 1.20. The van der Waals surface area contributed by atoms with Gasteiger partial charge in [0.25, 0.3) is 5.91 Å². The first-order valence-corrected chi connectivity index (χ1v) is 12.7. The predicted octanol–water partition coefficient (Wildman–Crippen LogP) is 4.09. The number of benzene rings is 2. The van der Waals surface area contributed by atoms with Gasteiger partial charge < -0.3 is 14.8 Å². The molecule has 0 spiro atoms. The standard InChI is InChI=1S/C26H25FN2O5S/c27-22-11-21(20-7-8-24(28-14-20)34-16-17-1-2-17)12-23(13-22)33-15-18-3-5-19(6-4-18)25(30)29-26(9-10-26)35(31)32/h3-8,11-14,17,35H,1-2,9-10,15-16H2,(H,29,30). The number of nitrogens with zero attached hydrogens (tertiary/aromatic N) is 1. The summed E-state index contributed by atoms with van der Waals surface area (Å²) in [6.45, 7) is 0.853. The highest BCUT2D eigenvalue weighted by molar-refractivity contribution is 7.74. The predicted molar refractivity (Wildman–Crippen MR) is 128 cm³/mol. The number of pyridine rings is 1. The molecule has 0 atom stereocenters. The van der Waals surface area contributed by atoms with Crippen LogP contribution in [0.15, 0.2) is 60.8 Å². The van der Waals surface area contributed by atoms with Gasteiger partial charge >= 0.3 is 0 Å². The molecule has 0 radical (unpaired) electrons. The summed E-state index contributed by atoms with van der Waals surface area (Å²) in [5, 5.41) is 2.59. The molecule has 35 heavy (non-hydrogen) atoms. The van der Waals surface area contributed by atoms with Crippen LogP contribution in [0.5, 0.6) is 11.6 Å². The first-order chi connectivity index (χ1) is 16.9. The van der Waals surface area contributed by atoms with Gasteiger partial charge in [-0.15, -0.1) is 0 Å². The van der Waals surface area contributed by atoms with Crippen molar-refractivity contribution in [2.75, 3.05) is 6.61 Å². The molecule has 182 valence electrons. The van der Waals surface area contributed by atoms with Crippen molar-refractivity contribution in [2.45, 2.75) is 37.2 Å². The van der Waals surface area contributed by atoms with E-state index in [1.54, 1.807) is 42.6 Å². The minimum Gasteiger partial charge on any atom is -0.489 e. The Morgan fingerprint density at radius 2 is 1.80 bits per heavy atom. The zero-order valence-corrected chi connectivity index (χ0v) is 19.8. The molecule has 0 unspecified atom stereocenters. The van der Waals surface area contributed by atoms with E-state index in [4.69, 9.17) is 9.47 Å². The van der Waals surface area contributed by atoms with Crippen LogP contribution in [0.25, 0.3) is 11.1 Å². The second-order valence-electron chi connectivity index (χ2n) is 9.04. The van der Waals surface area contributed by atoms with Crippen molar-refractivity contribution in [3.05, 3.63) is 77.7 Å². The Kier molecular flexibility index (Phi) is 6.42. The summed E-state index contributed by atoms with van der Waals surface area (Å²) in [5.41, 5.74) is 2.53. The minimum atomic E-state index is -2.71. The number of carbonyl (C=O) groups excluding carboxylic acids is 1. The van der Waals surface area contributed by atoms with E-state index in [2.05, 4.69) is 10.3 Å². The van der Waals surface area contributed by atoms with Crippen molar-refractivity contribution in [2.24, 2.45) is 5.92 Å². The smallest absolute Gasteiger partial charge is 0.252 e. The van der Waals surface area contributed by atoms with Gasteiger partial charge in [-0.2, -0.15) is 0 Å². The molecule has 0 saturated heterocycles. The monoisotopic (exact) mass is 496 g/mol. The van der Waals surface area contributed by atoms with E-state index in [-0.39, 0.29) is 6.61 Å². The zero-order chi connectivity index (χ0) is 24.4. The average Bonchev–Trinajstić information content (AvgIpc) is 3.78. The normalized spacial score (nSPS) is 16.1. The van der Waals surface area contributed by atoms with Crippen LogP contribution >= 0.6 is 0 Å². The van der Waals surface area contributed by atoms with Crippen LogP contribution in [0.4, 0.5) is 4.39 Å². The van der Waals surface area contributed by atoms with E-state index in [0.717, 1.165) is 11.1 Å². The second-order valence-corrected chi connectivity index (χ2v) is 10.4. The molecule has 1 aromatic heterocycles. The molecule has 0 bridgehead atoms. The number of carbonyl (C=O) groups is 1. The van der Waals surface area contributed by atoms with Gasteiger partial charge in [0.2, 0.25) is 5.88 Å².